The Morgan fingerprint density at radius 3 is 2.19 bits per heavy atom. The summed E-state index contributed by atoms with van der Waals surface area (Å²) < 4.78 is 13.1. The van der Waals surface area contributed by atoms with Gasteiger partial charge in [0.05, 0.1) is 0 Å². The van der Waals surface area contributed by atoms with Gasteiger partial charge in [-0.05, 0) is 69.0 Å². The molecule has 0 aromatic heterocycles. The van der Waals surface area contributed by atoms with Crippen molar-refractivity contribution in [3.8, 4) is 0 Å². The molecule has 2 amide bonds. The maximum atomic E-state index is 13.1. The van der Waals surface area contributed by atoms with Gasteiger partial charge in [0.1, 0.15) is 11.9 Å². The van der Waals surface area contributed by atoms with Crippen molar-refractivity contribution in [2.24, 2.45) is 5.92 Å². The summed E-state index contributed by atoms with van der Waals surface area (Å²) in [5, 5.41) is 2.85. The van der Waals surface area contributed by atoms with Crippen LogP contribution in [0, 0.1) is 11.7 Å². The average molecular weight is 375 g/mol. The van der Waals surface area contributed by atoms with Crippen LogP contribution in [-0.2, 0) is 4.79 Å². The van der Waals surface area contributed by atoms with Crippen LogP contribution in [0.1, 0.15) is 49.9 Å². The summed E-state index contributed by atoms with van der Waals surface area (Å²) in [5.41, 5.74) is 0.364. The molecule has 148 valence electrons. The number of carbonyl (C=O) groups excluding carboxylic acids is 2. The van der Waals surface area contributed by atoms with Crippen LogP contribution in [0.4, 0.5) is 4.39 Å². The summed E-state index contributed by atoms with van der Waals surface area (Å²) in [7, 11) is 0. The highest BCUT2D eigenvalue weighted by Crippen LogP contribution is 2.22. The maximum absolute atomic E-state index is 13.1. The molecule has 2 aliphatic heterocycles. The van der Waals surface area contributed by atoms with Crippen LogP contribution >= 0.6 is 0 Å². The van der Waals surface area contributed by atoms with Gasteiger partial charge in [-0.2, -0.15) is 0 Å². The zero-order valence-corrected chi connectivity index (χ0v) is 16.3. The van der Waals surface area contributed by atoms with Gasteiger partial charge in [-0.1, -0.05) is 13.8 Å². The van der Waals surface area contributed by atoms with E-state index in [-0.39, 0.29) is 23.5 Å². The van der Waals surface area contributed by atoms with E-state index in [1.165, 1.54) is 50.2 Å². The van der Waals surface area contributed by atoms with E-state index in [0.717, 1.165) is 25.9 Å². The van der Waals surface area contributed by atoms with Gasteiger partial charge < -0.3 is 15.1 Å². The molecule has 2 aliphatic rings. The van der Waals surface area contributed by atoms with Gasteiger partial charge in [-0.3, -0.25) is 9.59 Å². The van der Waals surface area contributed by atoms with E-state index < -0.39 is 6.04 Å². The lowest BCUT2D eigenvalue weighted by atomic mass is 9.98. The Morgan fingerprint density at radius 1 is 1.04 bits per heavy atom. The van der Waals surface area contributed by atoms with Crippen LogP contribution in [0.5, 0.6) is 0 Å². The van der Waals surface area contributed by atoms with Gasteiger partial charge in [0.2, 0.25) is 5.91 Å². The van der Waals surface area contributed by atoms with Crippen molar-refractivity contribution in [1.82, 2.24) is 15.1 Å². The van der Waals surface area contributed by atoms with E-state index in [9.17, 15) is 14.0 Å². The predicted molar refractivity (Wildman–Crippen MR) is 103 cm³/mol. The number of hydrogen-bond acceptors (Lipinski definition) is 3. The quantitative estimate of drug-likeness (QED) is 0.861. The molecule has 5 nitrogen and oxygen atoms in total. The summed E-state index contributed by atoms with van der Waals surface area (Å²) in [6.07, 6.45) is 4.57. The highest BCUT2D eigenvalue weighted by molar-refractivity contribution is 5.97. The second-order valence-electron chi connectivity index (χ2n) is 8.00. The first kappa shape index (κ1) is 19.8. The Bertz CT molecular complexity index is 648. The highest BCUT2D eigenvalue weighted by atomic mass is 19.1. The second-order valence-corrected chi connectivity index (χ2v) is 8.00. The number of nitrogens with zero attached hydrogens (tertiary/aromatic N) is 2. The lowest BCUT2D eigenvalue weighted by Gasteiger charge is -2.38. The fraction of sp³-hybridized carbons (Fsp3) is 0.619. The molecule has 0 spiro atoms. The smallest absolute Gasteiger partial charge is 0.251 e. The molecule has 2 saturated heterocycles. The lowest BCUT2D eigenvalue weighted by Crippen LogP contribution is -2.54. The molecule has 1 aromatic rings. The Hall–Kier alpha value is -1.95. The van der Waals surface area contributed by atoms with Crippen molar-refractivity contribution >= 4 is 11.8 Å². The van der Waals surface area contributed by atoms with Crippen molar-refractivity contribution in [1.29, 1.82) is 0 Å². The average Bonchev–Trinajstić information content (AvgIpc) is 3.20. The molecule has 0 bridgehead atoms. The largest absolute Gasteiger partial charge is 0.341 e. The molecule has 0 radical (unpaired) electrons. The first-order chi connectivity index (χ1) is 13.0. The van der Waals surface area contributed by atoms with E-state index in [1.54, 1.807) is 0 Å². The standard InChI is InChI=1S/C21H30FN3O2/c1-15(2)19(23-20(26)16-5-7-17(22)8-6-16)21(27)25-13-9-18(10-14-25)24-11-3-4-12-24/h5-8,15,18-19H,3-4,9-14H2,1-2H3,(H,23,26). The fourth-order valence-corrected chi connectivity index (χ4v) is 4.09. The van der Waals surface area contributed by atoms with E-state index in [0.29, 0.717) is 11.6 Å². The number of amides is 2. The summed E-state index contributed by atoms with van der Waals surface area (Å²) >= 11 is 0. The molecule has 2 heterocycles. The van der Waals surface area contributed by atoms with Crippen molar-refractivity contribution in [3.05, 3.63) is 35.6 Å². The Labute approximate surface area is 160 Å². The topological polar surface area (TPSA) is 52.7 Å². The first-order valence-electron chi connectivity index (χ1n) is 10.0. The molecule has 1 N–H and O–H groups in total. The van der Waals surface area contributed by atoms with Gasteiger partial charge in [0.15, 0.2) is 0 Å². The minimum absolute atomic E-state index is 0.0136. The summed E-state index contributed by atoms with van der Waals surface area (Å²) in [6, 6.07) is 5.41. The van der Waals surface area contributed by atoms with Crippen LogP contribution in [-0.4, -0.2) is 59.9 Å². The number of piperidine rings is 1. The SMILES string of the molecule is CC(C)C(NC(=O)c1ccc(F)cc1)C(=O)N1CCC(N2CCCC2)CC1. The molecule has 27 heavy (non-hydrogen) atoms. The van der Waals surface area contributed by atoms with Crippen molar-refractivity contribution < 1.29 is 14.0 Å². The molecule has 3 rings (SSSR count). The number of halogens is 1. The third-order valence-electron chi connectivity index (χ3n) is 5.76. The maximum Gasteiger partial charge on any atom is 0.251 e. The van der Waals surface area contributed by atoms with Crippen LogP contribution < -0.4 is 5.32 Å². The summed E-state index contributed by atoms with van der Waals surface area (Å²) in [6.45, 7) is 7.72. The minimum Gasteiger partial charge on any atom is -0.341 e. The van der Waals surface area contributed by atoms with Crippen LogP contribution in [0.15, 0.2) is 24.3 Å². The third kappa shape index (κ3) is 4.86. The van der Waals surface area contributed by atoms with Gasteiger partial charge in [-0.25, -0.2) is 4.39 Å². The summed E-state index contributed by atoms with van der Waals surface area (Å²) in [4.78, 5) is 29.9. The number of benzene rings is 1. The van der Waals surface area contributed by atoms with Crippen LogP contribution in [0.2, 0.25) is 0 Å². The molecular weight excluding hydrogens is 345 g/mol. The zero-order chi connectivity index (χ0) is 19.4. The second kappa shape index (κ2) is 8.83. The number of carbonyl (C=O) groups is 2. The number of likely N-dealkylation sites (tertiary alicyclic amines) is 2. The highest BCUT2D eigenvalue weighted by Gasteiger charge is 2.33. The summed E-state index contributed by atoms with van der Waals surface area (Å²) in [5.74, 6) is -0.753. The predicted octanol–water partition coefficient (Wildman–Crippen LogP) is 2.67. The zero-order valence-electron chi connectivity index (χ0n) is 16.3. The third-order valence-corrected chi connectivity index (χ3v) is 5.76. The Kier molecular flexibility index (Phi) is 6.47. The van der Waals surface area contributed by atoms with Gasteiger partial charge in [0.25, 0.3) is 5.91 Å². The lowest BCUT2D eigenvalue weighted by molar-refractivity contribution is -0.135. The first-order valence-corrected chi connectivity index (χ1v) is 10.0. The van der Waals surface area contributed by atoms with Crippen LogP contribution in [0.3, 0.4) is 0 Å². The van der Waals surface area contributed by atoms with Crippen molar-refractivity contribution in [2.45, 2.75) is 51.6 Å². The van der Waals surface area contributed by atoms with Crippen molar-refractivity contribution in [3.63, 3.8) is 0 Å². The minimum atomic E-state index is -0.564. The van der Waals surface area contributed by atoms with E-state index >= 15 is 0 Å². The Balaban J connectivity index is 1.58. The Morgan fingerprint density at radius 2 is 1.63 bits per heavy atom. The fourth-order valence-electron chi connectivity index (χ4n) is 4.09. The van der Waals surface area contributed by atoms with Gasteiger partial charge >= 0.3 is 0 Å². The van der Waals surface area contributed by atoms with Gasteiger partial charge in [0, 0.05) is 24.7 Å². The monoisotopic (exact) mass is 375 g/mol. The van der Waals surface area contributed by atoms with Crippen molar-refractivity contribution in [2.75, 3.05) is 26.2 Å². The molecule has 1 aromatic carbocycles. The van der Waals surface area contributed by atoms with Gasteiger partial charge in [-0.15, -0.1) is 0 Å². The molecular formula is C21H30FN3O2. The molecule has 6 heteroatoms. The van der Waals surface area contributed by atoms with Crippen LogP contribution in [0.25, 0.3) is 0 Å². The number of hydrogen-bond donors (Lipinski definition) is 1. The molecule has 0 aliphatic carbocycles. The van der Waals surface area contributed by atoms with E-state index in [2.05, 4.69) is 10.2 Å². The number of rotatable bonds is 5. The molecule has 1 unspecified atom stereocenters. The normalized spacial score (nSPS) is 20.1. The number of nitrogens with one attached hydrogen (secondary N) is 1. The van der Waals surface area contributed by atoms with E-state index in [1.807, 2.05) is 18.7 Å². The van der Waals surface area contributed by atoms with E-state index in [4.69, 9.17) is 0 Å². The molecule has 1 atom stereocenters. The molecule has 0 saturated carbocycles. The molecule has 2 fully saturated rings.